The molecule has 1 unspecified atom stereocenters. The summed E-state index contributed by atoms with van der Waals surface area (Å²) in [5.41, 5.74) is 6.50. The highest BCUT2D eigenvalue weighted by atomic mass is 35.5. The number of carbonyl (C=O) groups excluding carboxylic acids is 2. The van der Waals surface area contributed by atoms with Crippen LogP contribution >= 0.6 is 35.6 Å². The molecule has 1 aromatic rings. The number of benzene rings is 1. The highest BCUT2D eigenvalue weighted by Crippen LogP contribution is 2.30. The lowest BCUT2D eigenvalue weighted by Gasteiger charge is -2.17. The highest BCUT2D eigenvalue weighted by molar-refractivity contribution is 6.36. The Morgan fingerprint density at radius 3 is 2.17 bits per heavy atom. The zero-order valence-electron chi connectivity index (χ0n) is 13.9. The van der Waals surface area contributed by atoms with E-state index in [4.69, 9.17) is 28.9 Å². The van der Waals surface area contributed by atoms with Crippen LogP contribution in [-0.2, 0) is 9.59 Å². The van der Waals surface area contributed by atoms with Crippen molar-refractivity contribution in [2.24, 2.45) is 11.7 Å². The van der Waals surface area contributed by atoms with E-state index in [9.17, 15) is 9.59 Å². The van der Waals surface area contributed by atoms with Gasteiger partial charge >= 0.3 is 0 Å². The van der Waals surface area contributed by atoms with E-state index in [0.29, 0.717) is 16.6 Å². The number of nitrogens with two attached hydrogens (primary N) is 1. The van der Waals surface area contributed by atoms with E-state index in [1.54, 1.807) is 18.2 Å². The molecule has 0 aliphatic heterocycles. The Labute approximate surface area is 159 Å². The second-order valence-electron chi connectivity index (χ2n) is 5.83. The average molecular weight is 397 g/mol. The summed E-state index contributed by atoms with van der Waals surface area (Å²) in [6, 6.07) is 4.67. The predicted molar refractivity (Wildman–Crippen MR) is 101 cm³/mol. The van der Waals surface area contributed by atoms with Gasteiger partial charge < -0.3 is 16.4 Å². The van der Waals surface area contributed by atoms with E-state index in [2.05, 4.69) is 10.6 Å². The van der Waals surface area contributed by atoms with Crippen molar-refractivity contribution in [3.8, 4) is 0 Å². The largest absolute Gasteiger partial charge is 0.354 e. The van der Waals surface area contributed by atoms with Gasteiger partial charge in [-0.15, -0.1) is 12.4 Å². The Hall–Kier alpha value is -1.01. The van der Waals surface area contributed by atoms with Crippen molar-refractivity contribution in [3.63, 3.8) is 0 Å². The Balaban J connectivity index is 0.00000529. The quantitative estimate of drug-likeness (QED) is 0.662. The Morgan fingerprint density at radius 2 is 1.67 bits per heavy atom. The van der Waals surface area contributed by atoms with E-state index >= 15 is 0 Å². The van der Waals surface area contributed by atoms with Gasteiger partial charge in [-0.1, -0.05) is 50.0 Å². The minimum Gasteiger partial charge on any atom is -0.354 e. The number of rotatable bonds is 7. The predicted octanol–water partition coefficient (Wildman–Crippen LogP) is 2.73. The standard InChI is InChI=1S/C16H23Cl2N3O2.ClH/c1-9(2)15(19)16(23)21-8-13(22)20-7-10(3)14-11(17)5-4-6-12(14)18;/h4-6,9-10,15H,7-8,19H2,1-3H3,(H,20,22)(H,21,23);1H/t10?,15-;/m0./s1. The molecule has 0 spiro atoms. The van der Waals surface area contributed by atoms with Crippen molar-refractivity contribution >= 4 is 47.4 Å². The molecule has 0 saturated heterocycles. The van der Waals surface area contributed by atoms with Crippen LogP contribution in [0.4, 0.5) is 0 Å². The molecule has 5 nitrogen and oxygen atoms in total. The minimum absolute atomic E-state index is 0. The zero-order valence-corrected chi connectivity index (χ0v) is 16.3. The lowest BCUT2D eigenvalue weighted by atomic mass is 10.0. The van der Waals surface area contributed by atoms with Crippen molar-refractivity contribution in [2.45, 2.75) is 32.7 Å². The second kappa shape index (κ2) is 10.8. The number of amides is 2. The van der Waals surface area contributed by atoms with Crippen LogP contribution in [0.5, 0.6) is 0 Å². The van der Waals surface area contributed by atoms with Crippen LogP contribution in [0.15, 0.2) is 18.2 Å². The molecule has 0 aliphatic carbocycles. The summed E-state index contributed by atoms with van der Waals surface area (Å²) in [6.45, 7) is 5.87. The van der Waals surface area contributed by atoms with Crippen molar-refractivity contribution in [3.05, 3.63) is 33.8 Å². The third-order valence-electron chi connectivity index (χ3n) is 3.54. The van der Waals surface area contributed by atoms with Gasteiger partial charge in [-0.25, -0.2) is 0 Å². The van der Waals surface area contributed by atoms with Gasteiger partial charge in [-0.2, -0.15) is 0 Å². The van der Waals surface area contributed by atoms with E-state index in [1.807, 2.05) is 20.8 Å². The monoisotopic (exact) mass is 395 g/mol. The fourth-order valence-corrected chi connectivity index (χ4v) is 2.77. The van der Waals surface area contributed by atoms with Crippen LogP contribution in [0.2, 0.25) is 10.0 Å². The van der Waals surface area contributed by atoms with Gasteiger partial charge in [-0.3, -0.25) is 9.59 Å². The van der Waals surface area contributed by atoms with Crippen LogP contribution in [-0.4, -0.2) is 30.9 Å². The number of carbonyl (C=O) groups is 2. The lowest BCUT2D eigenvalue weighted by Crippen LogP contribution is -2.47. The van der Waals surface area contributed by atoms with Crippen LogP contribution in [0.25, 0.3) is 0 Å². The molecule has 0 radical (unpaired) electrons. The molecule has 0 aromatic heterocycles. The Kier molecular flexibility index (Phi) is 10.3. The number of halogens is 3. The molecule has 0 heterocycles. The van der Waals surface area contributed by atoms with Crippen LogP contribution in [0.1, 0.15) is 32.3 Å². The molecule has 2 atom stereocenters. The number of hydrogen-bond donors (Lipinski definition) is 3. The summed E-state index contributed by atoms with van der Waals surface area (Å²) >= 11 is 12.3. The summed E-state index contributed by atoms with van der Waals surface area (Å²) in [4.78, 5) is 23.5. The van der Waals surface area contributed by atoms with Crippen molar-refractivity contribution in [1.82, 2.24) is 10.6 Å². The summed E-state index contributed by atoms with van der Waals surface area (Å²) in [5.74, 6) is -0.657. The molecule has 0 saturated carbocycles. The topological polar surface area (TPSA) is 84.2 Å². The molecule has 1 aromatic carbocycles. The summed E-state index contributed by atoms with van der Waals surface area (Å²) in [7, 11) is 0. The first-order valence-electron chi connectivity index (χ1n) is 7.48. The zero-order chi connectivity index (χ0) is 17.6. The molecular formula is C16H24Cl3N3O2. The van der Waals surface area contributed by atoms with Crippen molar-refractivity contribution in [1.29, 1.82) is 0 Å². The molecule has 2 amide bonds. The normalized spacial score (nSPS) is 13.0. The first-order valence-corrected chi connectivity index (χ1v) is 8.23. The maximum absolute atomic E-state index is 11.8. The van der Waals surface area contributed by atoms with E-state index in [1.165, 1.54) is 0 Å². The molecule has 0 bridgehead atoms. The maximum atomic E-state index is 11.8. The Morgan fingerprint density at radius 1 is 1.12 bits per heavy atom. The summed E-state index contributed by atoms with van der Waals surface area (Å²) in [5, 5.41) is 6.40. The van der Waals surface area contributed by atoms with Crippen LogP contribution < -0.4 is 16.4 Å². The Bertz CT molecular complexity index is 547. The molecule has 136 valence electrons. The smallest absolute Gasteiger partial charge is 0.239 e. The molecule has 0 fully saturated rings. The highest BCUT2D eigenvalue weighted by Gasteiger charge is 2.18. The molecule has 1 rings (SSSR count). The van der Waals surface area contributed by atoms with Gasteiger partial charge in [0.1, 0.15) is 0 Å². The molecule has 24 heavy (non-hydrogen) atoms. The molecule has 0 aliphatic rings. The SMILES string of the molecule is CC(CNC(=O)CNC(=O)[C@@H](N)C(C)C)c1c(Cl)cccc1Cl.Cl. The van der Waals surface area contributed by atoms with Crippen molar-refractivity contribution < 1.29 is 9.59 Å². The summed E-state index contributed by atoms with van der Waals surface area (Å²) < 4.78 is 0. The second-order valence-corrected chi connectivity index (χ2v) is 6.64. The van der Waals surface area contributed by atoms with Gasteiger partial charge in [0.15, 0.2) is 0 Å². The number of nitrogens with one attached hydrogen (secondary N) is 2. The van der Waals surface area contributed by atoms with Crippen LogP contribution in [0.3, 0.4) is 0 Å². The average Bonchev–Trinajstić information content (AvgIpc) is 2.49. The third kappa shape index (κ3) is 6.85. The lowest BCUT2D eigenvalue weighted by molar-refractivity contribution is -0.127. The van der Waals surface area contributed by atoms with E-state index in [0.717, 1.165) is 5.56 Å². The van der Waals surface area contributed by atoms with Gasteiger partial charge in [0.05, 0.1) is 12.6 Å². The molecular weight excluding hydrogens is 373 g/mol. The molecule has 8 heteroatoms. The van der Waals surface area contributed by atoms with E-state index in [-0.39, 0.29) is 42.6 Å². The first-order chi connectivity index (χ1) is 10.7. The third-order valence-corrected chi connectivity index (χ3v) is 4.20. The fraction of sp³-hybridized carbons (Fsp3) is 0.500. The first kappa shape index (κ1) is 23.0. The molecule has 4 N–H and O–H groups in total. The maximum Gasteiger partial charge on any atom is 0.239 e. The van der Waals surface area contributed by atoms with E-state index < -0.39 is 6.04 Å². The summed E-state index contributed by atoms with van der Waals surface area (Å²) in [6.07, 6.45) is 0. The van der Waals surface area contributed by atoms with Gasteiger partial charge in [-0.05, 0) is 23.6 Å². The van der Waals surface area contributed by atoms with Crippen molar-refractivity contribution in [2.75, 3.05) is 13.1 Å². The van der Waals surface area contributed by atoms with Crippen LogP contribution in [0, 0.1) is 5.92 Å². The minimum atomic E-state index is -0.622. The van der Waals surface area contributed by atoms with Gasteiger partial charge in [0.25, 0.3) is 0 Å². The van der Waals surface area contributed by atoms with Gasteiger partial charge in [0, 0.05) is 22.5 Å². The van der Waals surface area contributed by atoms with Gasteiger partial charge in [0.2, 0.25) is 11.8 Å². The fourth-order valence-electron chi connectivity index (χ4n) is 2.00. The number of hydrogen-bond acceptors (Lipinski definition) is 3.